The molecule has 0 amide bonds. The zero-order valence-corrected chi connectivity index (χ0v) is 29.4. The largest absolute Gasteiger partial charge is 0.455 e. The van der Waals surface area contributed by atoms with Gasteiger partial charge in [0.15, 0.2) is 0 Å². The third kappa shape index (κ3) is 4.22. The summed E-state index contributed by atoms with van der Waals surface area (Å²) in [6, 6.07) is 57.0. The van der Waals surface area contributed by atoms with E-state index in [1.165, 1.54) is 54.2 Å². The van der Waals surface area contributed by atoms with Crippen LogP contribution in [0.1, 0.15) is 12.8 Å². The summed E-state index contributed by atoms with van der Waals surface area (Å²) in [6.45, 7) is 0. The molecule has 2 nitrogen and oxygen atoms in total. The standard InChI is InChI=1S/C52H32O2/c1-2-12-34-29-35(26-21-31(34)11-1)49-39-16-5-3-14-37(39)48(38-15-4-6-17-40(38)49)33-24-22-32(23-25-33)44-30-45-41(50-43-18-8-10-20-47(43)54-52(44)50)27-28-42-36-13-7-9-19-46(36)53-51(42)45/h1-3,5,7-30H,4,6H2. The van der Waals surface area contributed by atoms with Crippen molar-refractivity contribution in [2.24, 2.45) is 0 Å². The molecule has 54 heavy (non-hydrogen) atoms. The highest BCUT2D eigenvalue weighted by Gasteiger charge is 2.21. The lowest BCUT2D eigenvalue weighted by molar-refractivity contribution is 0.670. The topological polar surface area (TPSA) is 26.3 Å². The molecular formula is C52H32O2. The smallest absolute Gasteiger partial charge is 0.143 e. The van der Waals surface area contributed by atoms with Crippen molar-refractivity contribution in [1.82, 2.24) is 0 Å². The Kier molecular flexibility index (Phi) is 6.20. The third-order valence-electron chi connectivity index (χ3n) is 11.7. The zero-order valence-electron chi connectivity index (χ0n) is 29.4. The Morgan fingerprint density at radius 3 is 1.67 bits per heavy atom. The molecule has 0 radical (unpaired) electrons. The highest BCUT2D eigenvalue weighted by atomic mass is 16.3. The molecule has 11 aromatic rings. The number of benzene rings is 9. The van der Waals surface area contributed by atoms with Crippen LogP contribution in [-0.4, -0.2) is 0 Å². The van der Waals surface area contributed by atoms with Crippen LogP contribution in [0.2, 0.25) is 0 Å². The summed E-state index contributed by atoms with van der Waals surface area (Å²) >= 11 is 0. The van der Waals surface area contributed by atoms with E-state index in [-0.39, 0.29) is 0 Å². The van der Waals surface area contributed by atoms with E-state index < -0.39 is 0 Å². The minimum atomic E-state index is 0.888. The summed E-state index contributed by atoms with van der Waals surface area (Å²) in [5, 5.41) is 14.5. The van der Waals surface area contributed by atoms with Gasteiger partial charge in [0.05, 0.1) is 0 Å². The Morgan fingerprint density at radius 1 is 0.352 bits per heavy atom. The normalized spacial score (nSPS) is 13.0. The molecule has 0 atom stereocenters. The van der Waals surface area contributed by atoms with Crippen LogP contribution in [0.15, 0.2) is 167 Å². The van der Waals surface area contributed by atoms with Gasteiger partial charge in [-0.15, -0.1) is 0 Å². The number of fused-ring (bicyclic) bond motifs is 12. The minimum Gasteiger partial charge on any atom is -0.455 e. The lowest BCUT2D eigenvalue weighted by Crippen LogP contribution is -2.31. The van der Waals surface area contributed by atoms with Crippen molar-refractivity contribution in [1.29, 1.82) is 0 Å². The van der Waals surface area contributed by atoms with E-state index in [2.05, 4.69) is 158 Å². The van der Waals surface area contributed by atoms with E-state index in [0.717, 1.165) is 78.6 Å². The fourth-order valence-electron chi connectivity index (χ4n) is 9.24. The van der Waals surface area contributed by atoms with Gasteiger partial charge >= 0.3 is 0 Å². The molecule has 2 heterocycles. The van der Waals surface area contributed by atoms with E-state index >= 15 is 0 Å². The predicted octanol–water partition coefficient (Wildman–Crippen LogP) is 13.3. The van der Waals surface area contributed by atoms with Gasteiger partial charge in [-0.3, -0.25) is 0 Å². The van der Waals surface area contributed by atoms with Crippen molar-refractivity contribution in [3.63, 3.8) is 0 Å². The molecule has 1 aliphatic carbocycles. The van der Waals surface area contributed by atoms with Gasteiger partial charge in [-0.1, -0.05) is 140 Å². The van der Waals surface area contributed by atoms with Gasteiger partial charge in [-0.25, -0.2) is 0 Å². The monoisotopic (exact) mass is 688 g/mol. The first-order valence-corrected chi connectivity index (χ1v) is 18.8. The molecule has 2 heteroatoms. The van der Waals surface area contributed by atoms with Crippen molar-refractivity contribution >= 4 is 88.3 Å². The molecule has 1 aliphatic rings. The average Bonchev–Trinajstić information content (AvgIpc) is 3.82. The molecule has 0 saturated heterocycles. The van der Waals surface area contributed by atoms with Gasteiger partial charge in [-0.05, 0) is 108 Å². The molecule has 0 N–H and O–H groups in total. The lowest BCUT2D eigenvalue weighted by Gasteiger charge is -2.18. The van der Waals surface area contributed by atoms with Crippen LogP contribution >= 0.6 is 0 Å². The molecule has 2 aromatic heterocycles. The van der Waals surface area contributed by atoms with Crippen molar-refractivity contribution in [3.8, 4) is 33.4 Å². The van der Waals surface area contributed by atoms with Crippen LogP contribution < -0.4 is 10.4 Å². The fraction of sp³-hybridized carbons (Fsp3) is 0.0385. The molecule has 0 unspecified atom stereocenters. The van der Waals surface area contributed by atoms with Crippen molar-refractivity contribution in [2.45, 2.75) is 12.8 Å². The first kappa shape index (κ1) is 29.7. The Labute approximate surface area is 310 Å². The maximum atomic E-state index is 6.71. The molecule has 0 spiro atoms. The lowest BCUT2D eigenvalue weighted by atomic mass is 9.85. The van der Waals surface area contributed by atoms with Crippen molar-refractivity contribution < 1.29 is 8.83 Å². The first-order valence-electron chi connectivity index (χ1n) is 18.8. The molecule has 9 aromatic carbocycles. The summed E-state index contributed by atoms with van der Waals surface area (Å²) in [5.41, 5.74) is 10.9. The Hall–Kier alpha value is -6.90. The van der Waals surface area contributed by atoms with Crippen LogP contribution in [-0.2, 0) is 0 Å². The summed E-state index contributed by atoms with van der Waals surface area (Å²) in [4.78, 5) is 0. The number of hydrogen-bond acceptors (Lipinski definition) is 2. The van der Waals surface area contributed by atoms with Gasteiger partial charge in [0, 0.05) is 32.5 Å². The number of furan rings is 2. The first-order chi connectivity index (χ1) is 26.8. The van der Waals surface area contributed by atoms with Gasteiger partial charge in [0.25, 0.3) is 0 Å². The molecular weight excluding hydrogens is 657 g/mol. The van der Waals surface area contributed by atoms with Crippen LogP contribution in [0.5, 0.6) is 0 Å². The molecule has 12 rings (SSSR count). The summed E-state index contributed by atoms with van der Waals surface area (Å²) in [7, 11) is 0. The van der Waals surface area contributed by atoms with Crippen LogP contribution in [0.25, 0.3) is 122 Å². The van der Waals surface area contributed by atoms with Crippen LogP contribution in [0.3, 0.4) is 0 Å². The Balaban J connectivity index is 1.09. The third-order valence-corrected chi connectivity index (χ3v) is 11.7. The van der Waals surface area contributed by atoms with E-state index in [9.17, 15) is 0 Å². The van der Waals surface area contributed by atoms with E-state index in [1.807, 2.05) is 12.1 Å². The SMILES string of the molecule is C1=c2c(-c3ccc(-c4cc5c(ccc6c7ccccc7oc65)c5c4oc4ccccc45)cc3)c3ccccc3c(-c3ccc4ccccc4c3)c2=CCC1. The van der Waals surface area contributed by atoms with Crippen LogP contribution in [0, 0.1) is 0 Å². The minimum absolute atomic E-state index is 0.888. The summed E-state index contributed by atoms with van der Waals surface area (Å²) in [6.07, 6.45) is 6.98. The second kappa shape index (κ2) is 11.3. The molecule has 0 saturated carbocycles. The molecule has 0 fully saturated rings. The average molecular weight is 689 g/mol. The maximum absolute atomic E-state index is 6.71. The van der Waals surface area contributed by atoms with Crippen molar-refractivity contribution in [3.05, 3.63) is 168 Å². The van der Waals surface area contributed by atoms with E-state index in [0.29, 0.717) is 0 Å². The second-order valence-electron chi connectivity index (χ2n) is 14.6. The van der Waals surface area contributed by atoms with Gasteiger partial charge in [0.2, 0.25) is 0 Å². The zero-order chi connectivity index (χ0) is 35.3. The number of rotatable bonds is 3. The number of para-hydroxylation sites is 2. The van der Waals surface area contributed by atoms with Gasteiger partial charge in [-0.2, -0.15) is 0 Å². The predicted molar refractivity (Wildman–Crippen MR) is 227 cm³/mol. The van der Waals surface area contributed by atoms with E-state index in [1.54, 1.807) is 0 Å². The summed E-state index contributed by atoms with van der Waals surface area (Å²) < 4.78 is 13.3. The Bertz CT molecular complexity index is 3490. The molecule has 0 bridgehead atoms. The molecule has 0 aliphatic heterocycles. The van der Waals surface area contributed by atoms with Gasteiger partial charge in [0.1, 0.15) is 22.3 Å². The maximum Gasteiger partial charge on any atom is 0.143 e. The second-order valence-corrected chi connectivity index (χ2v) is 14.6. The van der Waals surface area contributed by atoms with Crippen LogP contribution in [0.4, 0.5) is 0 Å². The highest BCUT2D eigenvalue weighted by molar-refractivity contribution is 6.28. The quantitative estimate of drug-likeness (QED) is 0.185. The van der Waals surface area contributed by atoms with E-state index in [4.69, 9.17) is 8.83 Å². The molecule has 252 valence electrons. The fourth-order valence-corrected chi connectivity index (χ4v) is 9.24. The summed E-state index contributed by atoms with van der Waals surface area (Å²) in [5.74, 6) is 0. The highest BCUT2D eigenvalue weighted by Crippen LogP contribution is 2.45. The Morgan fingerprint density at radius 2 is 0.907 bits per heavy atom. The van der Waals surface area contributed by atoms with Gasteiger partial charge < -0.3 is 8.83 Å². The van der Waals surface area contributed by atoms with Crippen molar-refractivity contribution in [2.75, 3.05) is 0 Å². The number of hydrogen-bond donors (Lipinski definition) is 0.